The lowest BCUT2D eigenvalue weighted by Crippen LogP contribution is -2.53. The van der Waals surface area contributed by atoms with Crippen LogP contribution < -0.4 is 0 Å². The van der Waals surface area contributed by atoms with Gasteiger partial charge in [-0.3, -0.25) is 0 Å². The van der Waals surface area contributed by atoms with Crippen molar-refractivity contribution in [1.29, 1.82) is 0 Å². The van der Waals surface area contributed by atoms with Crippen LogP contribution in [0.5, 0.6) is 0 Å². The molecule has 4 fully saturated rings. The smallest absolute Gasteiger partial charge is 0.0543 e. The average Bonchev–Trinajstić information content (AvgIpc) is 2.96. The first-order valence-corrected chi connectivity index (χ1v) is 12.2. The largest absolute Gasteiger partial charge is 0.393 e. The van der Waals surface area contributed by atoms with Crippen LogP contribution in [0.15, 0.2) is 0 Å². The number of unbranched alkanes of at least 4 members (excludes halogenated alkanes) is 3. The summed E-state index contributed by atoms with van der Waals surface area (Å²) in [5, 5.41) is 10.2. The lowest BCUT2D eigenvalue weighted by atomic mass is 9.44. The number of hydrogen-bond acceptors (Lipinski definition) is 1. The maximum atomic E-state index is 10.2. The highest BCUT2D eigenvalue weighted by atomic mass is 16.3. The first-order chi connectivity index (χ1) is 12.5. The maximum absolute atomic E-state index is 10.2. The highest BCUT2D eigenvalue weighted by Gasteiger charge is 2.59. The molecule has 4 aliphatic rings. The monoisotopic (exact) mass is 360 g/mol. The molecular weight excluding hydrogens is 316 g/mol. The Labute approximate surface area is 162 Å². The molecule has 0 saturated heterocycles. The van der Waals surface area contributed by atoms with Gasteiger partial charge in [-0.05, 0) is 105 Å². The predicted molar refractivity (Wildman–Crippen MR) is 110 cm³/mol. The maximum Gasteiger partial charge on any atom is 0.0543 e. The van der Waals surface area contributed by atoms with Gasteiger partial charge in [-0.1, -0.05) is 46.5 Å². The second-order valence-corrected chi connectivity index (χ2v) is 11.3. The zero-order valence-corrected chi connectivity index (χ0v) is 17.8. The van der Waals surface area contributed by atoms with Crippen LogP contribution in [0.3, 0.4) is 0 Å². The van der Waals surface area contributed by atoms with Crippen LogP contribution in [0.4, 0.5) is 0 Å². The Balaban J connectivity index is 1.46. The summed E-state index contributed by atoms with van der Waals surface area (Å²) >= 11 is 0. The third-order valence-electron chi connectivity index (χ3n) is 10.2. The van der Waals surface area contributed by atoms with Crippen molar-refractivity contribution in [2.75, 3.05) is 0 Å². The molecule has 4 saturated carbocycles. The van der Waals surface area contributed by atoms with E-state index in [1.165, 1.54) is 77.0 Å². The zero-order valence-electron chi connectivity index (χ0n) is 17.8. The van der Waals surface area contributed by atoms with E-state index in [-0.39, 0.29) is 6.10 Å². The van der Waals surface area contributed by atoms with Gasteiger partial charge in [-0.25, -0.2) is 0 Å². The van der Waals surface area contributed by atoms with Crippen LogP contribution in [-0.2, 0) is 0 Å². The summed E-state index contributed by atoms with van der Waals surface area (Å²) in [6.07, 6.45) is 19.6. The van der Waals surface area contributed by atoms with Gasteiger partial charge in [0, 0.05) is 0 Å². The Kier molecular flexibility index (Phi) is 5.50. The minimum atomic E-state index is -0.00235. The number of aliphatic hydroxyl groups is 1. The molecule has 5 unspecified atom stereocenters. The van der Waals surface area contributed by atoms with Gasteiger partial charge in [0.15, 0.2) is 0 Å². The highest BCUT2D eigenvalue weighted by Crippen LogP contribution is 2.67. The molecule has 0 aromatic rings. The van der Waals surface area contributed by atoms with Crippen LogP contribution in [0.2, 0.25) is 0 Å². The third kappa shape index (κ3) is 3.09. The molecule has 26 heavy (non-hydrogen) atoms. The van der Waals surface area contributed by atoms with Gasteiger partial charge in [-0.2, -0.15) is 0 Å². The number of fused-ring (bicyclic) bond motifs is 5. The van der Waals surface area contributed by atoms with Gasteiger partial charge in [0.1, 0.15) is 0 Å². The molecule has 150 valence electrons. The van der Waals surface area contributed by atoms with E-state index in [0.29, 0.717) is 10.8 Å². The van der Waals surface area contributed by atoms with Crippen molar-refractivity contribution in [3.8, 4) is 0 Å². The second-order valence-electron chi connectivity index (χ2n) is 11.3. The molecule has 0 bridgehead atoms. The molecule has 0 radical (unpaired) electrons. The topological polar surface area (TPSA) is 20.2 Å². The van der Waals surface area contributed by atoms with Crippen LogP contribution in [-0.4, -0.2) is 11.2 Å². The van der Waals surface area contributed by atoms with Gasteiger partial charge in [0.05, 0.1) is 6.10 Å². The SMILES string of the molecule is CCCCCCC1CCC2C3CCC4C[C@@H](O)CC[C@]4(C)C3CC[C@]12C. The van der Waals surface area contributed by atoms with E-state index in [2.05, 4.69) is 20.8 Å². The van der Waals surface area contributed by atoms with Crippen molar-refractivity contribution >= 4 is 0 Å². The standard InChI is InChI=1S/C25H44O/c1-4-5-6-7-8-18-10-12-22-21-11-9-19-17-20(26)13-15-25(19,3)23(21)14-16-24(18,22)2/h18-23,26H,4-17H2,1-3H3/t18?,19?,20-,21?,22?,23?,24+,25-/m0/s1. The van der Waals surface area contributed by atoms with E-state index in [0.717, 1.165) is 42.4 Å². The normalized spacial score (nSPS) is 50.8. The summed E-state index contributed by atoms with van der Waals surface area (Å²) in [6, 6.07) is 0. The average molecular weight is 361 g/mol. The summed E-state index contributed by atoms with van der Waals surface area (Å²) < 4.78 is 0. The van der Waals surface area contributed by atoms with Gasteiger partial charge in [-0.15, -0.1) is 0 Å². The molecule has 1 nitrogen and oxygen atoms in total. The predicted octanol–water partition coefficient (Wildman–Crippen LogP) is 6.98. The fraction of sp³-hybridized carbons (Fsp3) is 1.00. The first kappa shape index (κ1) is 19.3. The molecule has 0 amide bonds. The molecular formula is C25H44O. The Morgan fingerprint density at radius 1 is 0.808 bits per heavy atom. The highest BCUT2D eigenvalue weighted by molar-refractivity contribution is 5.09. The summed E-state index contributed by atoms with van der Waals surface area (Å²) in [5.74, 6) is 4.81. The van der Waals surface area contributed by atoms with Crippen molar-refractivity contribution in [2.24, 2.45) is 40.4 Å². The molecule has 0 aliphatic heterocycles. The van der Waals surface area contributed by atoms with Gasteiger partial charge in [0.25, 0.3) is 0 Å². The van der Waals surface area contributed by atoms with Crippen LogP contribution in [0, 0.1) is 40.4 Å². The molecule has 0 heterocycles. The summed E-state index contributed by atoms with van der Waals surface area (Å²) in [4.78, 5) is 0. The minimum absolute atomic E-state index is 0.00235. The fourth-order valence-electron chi connectivity index (χ4n) is 8.64. The Morgan fingerprint density at radius 2 is 1.58 bits per heavy atom. The van der Waals surface area contributed by atoms with E-state index in [9.17, 15) is 5.11 Å². The van der Waals surface area contributed by atoms with Crippen LogP contribution in [0.1, 0.15) is 111 Å². The van der Waals surface area contributed by atoms with E-state index in [1.54, 1.807) is 0 Å². The molecule has 0 aromatic heterocycles. The fourth-order valence-corrected chi connectivity index (χ4v) is 8.64. The molecule has 8 atom stereocenters. The molecule has 0 aromatic carbocycles. The van der Waals surface area contributed by atoms with Crippen LogP contribution >= 0.6 is 0 Å². The number of rotatable bonds is 5. The lowest BCUT2D eigenvalue weighted by molar-refractivity contribution is -0.127. The van der Waals surface area contributed by atoms with E-state index < -0.39 is 0 Å². The second kappa shape index (κ2) is 7.41. The number of aliphatic hydroxyl groups excluding tert-OH is 1. The summed E-state index contributed by atoms with van der Waals surface area (Å²) in [5.41, 5.74) is 1.20. The number of hydrogen-bond donors (Lipinski definition) is 1. The van der Waals surface area contributed by atoms with Crippen LogP contribution in [0.25, 0.3) is 0 Å². The Bertz CT molecular complexity index is 487. The lowest BCUT2D eigenvalue weighted by Gasteiger charge is -2.61. The molecule has 4 rings (SSSR count). The summed E-state index contributed by atoms with van der Waals surface area (Å²) in [6.45, 7) is 7.65. The van der Waals surface area contributed by atoms with Crippen molar-refractivity contribution in [1.82, 2.24) is 0 Å². The van der Waals surface area contributed by atoms with Crippen molar-refractivity contribution < 1.29 is 5.11 Å². The Morgan fingerprint density at radius 3 is 2.38 bits per heavy atom. The van der Waals surface area contributed by atoms with Gasteiger partial charge >= 0.3 is 0 Å². The summed E-state index contributed by atoms with van der Waals surface area (Å²) in [7, 11) is 0. The van der Waals surface area contributed by atoms with Gasteiger partial charge < -0.3 is 5.11 Å². The molecule has 1 N–H and O–H groups in total. The zero-order chi connectivity index (χ0) is 18.4. The molecule has 4 aliphatic carbocycles. The van der Waals surface area contributed by atoms with E-state index in [4.69, 9.17) is 0 Å². The first-order valence-electron chi connectivity index (χ1n) is 12.2. The van der Waals surface area contributed by atoms with E-state index >= 15 is 0 Å². The molecule has 1 heteroatoms. The van der Waals surface area contributed by atoms with Crippen molar-refractivity contribution in [2.45, 2.75) is 117 Å². The van der Waals surface area contributed by atoms with Gasteiger partial charge in [0.2, 0.25) is 0 Å². The van der Waals surface area contributed by atoms with Crippen molar-refractivity contribution in [3.05, 3.63) is 0 Å². The minimum Gasteiger partial charge on any atom is -0.393 e. The third-order valence-corrected chi connectivity index (χ3v) is 10.2. The Hall–Kier alpha value is -0.0400. The van der Waals surface area contributed by atoms with E-state index in [1.807, 2.05) is 0 Å². The quantitative estimate of drug-likeness (QED) is 0.524. The molecule has 0 spiro atoms. The van der Waals surface area contributed by atoms with Crippen molar-refractivity contribution in [3.63, 3.8) is 0 Å².